The Morgan fingerprint density at radius 2 is 1.69 bits per heavy atom. The van der Waals surface area contributed by atoms with Crippen LogP contribution in [0.5, 0.6) is 5.75 Å². The summed E-state index contributed by atoms with van der Waals surface area (Å²) in [7, 11) is 0. The number of hydrogen-bond acceptors (Lipinski definition) is 5. The fourth-order valence-corrected chi connectivity index (χ4v) is 4.70. The second-order valence-corrected chi connectivity index (χ2v) is 9.13. The van der Waals surface area contributed by atoms with Gasteiger partial charge in [-0.15, -0.1) is 0 Å². The van der Waals surface area contributed by atoms with Gasteiger partial charge < -0.3 is 19.5 Å². The lowest BCUT2D eigenvalue weighted by molar-refractivity contribution is 0.216. The molecule has 3 aromatic carbocycles. The molecular weight excluding hydrogens is 423 g/mol. The predicted octanol–water partition coefficient (Wildman–Crippen LogP) is 6.33. The van der Waals surface area contributed by atoms with Gasteiger partial charge in [-0.05, 0) is 72.4 Å². The Morgan fingerprint density at radius 3 is 2.31 bits per heavy atom. The Labute approximate surface area is 193 Å². The van der Waals surface area contributed by atoms with Gasteiger partial charge in [-0.25, -0.2) is 4.39 Å². The summed E-state index contributed by atoms with van der Waals surface area (Å²) in [6.45, 7) is 2.75. The van der Waals surface area contributed by atoms with Gasteiger partial charge in [-0.2, -0.15) is 0 Å². The van der Waals surface area contributed by atoms with Crippen molar-refractivity contribution < 1.29 is 14.2 Å². The maximum Gasteiger partial charge on any atom is 0.130 e. The van der Waals surface area contributed by atoms with Crippen LogP contribution in [-0.2, 0) is 0 Å². The van der Waals surface area contributed by atoms with Crippen molar-refractivity contribution in [1.82, 2.24) is 0 Å². The third-order valence-corrected chi connectivity index (χ3v) is 6.75. The number of aliphatic hydroxyl groups excluding tert-OH is 1. The molecular formula is C26H27FN2O2S. The molecule has 1 saturated carbocycles. The standard InChI is InChI=1S/C26H27FN2O2S/c1-16-22-14-23(17-2-3-17)24(29(32)12-13-30)15-25(22)31-26(16)18-4-8-20(9-5-18)28-21-10-6-19(27)7-11-21/h4-11,14-17,26,28,30,32H,2-3,12-13H2,1H3. The van der Waals surface area contributed by atoms with Crippen molar-refractivity contribution in [3.8, 4) is 5.75 Å². The topological polar surface area (TPSA) is 44.7 Å². The summed E-state index contributed by atoms with van der Waals surface area (Å²) in [6, 6.07) is 18.9. The average molecular weight is 451 g/mol. The van der Waals surface area contributed by atoms with E-state index in [4.69, 9.17) is 4.74 Å². The molecule has 0 saturated heterocycles. The second kappa shape index (κ2) is 8.68. The largest absolute Gasteiger partial charge is 0.485 e. The number of halogens is 1. The van der Waals surface area contributed by atoms with Gasteiger partial charge in [0.15, 0.2) is 0 Å². The lowest BCUT2D eigenvalue weighted by Gasteiger charge is -2.21. The van der Waals surface area contributed by atoms with Crippen LogP contribution < -0.4 is 14.4 Å². The Kier molecular flexibility index (Phi) is 5.74. The summed E-state index contributed by atoms with van der Waals surface area (Å²) in [5, 5.41) is 12.6. The predicted molar refractivity (Wildman–Crippen MR) is 130 cm³/mol. The minimum atomic E-state index is -0.247. The highest BCUT2D eigenvalue weighted by atomic mass is 32.1. The molecule has 1 aliphatic carbocycles. The quantitative estimate of drug-likeness (QED) is 0.368. The molecule has 166 valence electrons. The van der Waals surface area contributed by atoms with E-state index >= 15 is 0 Å². The van der Waals surface area contributed by atoms with Gasteiger partial charge >= 0.3 is 0 Å². The highest BCUT2D eigenvalue weighted by molar-refractivity contribution is 7.81. The van der Waals surface area contributed by atoms with E-state index in [1.165, 1.54) is 36.1 Å². The normalized spacial score (nSPS) is 19.4. The second-order valence-electron chi connectivity index (χ2n) is 8.65. The number of rotatable bonds is 7. The zero-order chi connectivity index (χ0) is 22.2. The van der Waals surface area contributed by atoms with Gasteiger partial charge in [0.25, 0.3) is 0 Å². The van der Waals surface area contributed by atoms with Crippen LogP contribution in [-0.4, -0.2) is 18.3 Å². The van der Waals surface area contributed by atoms with Gasteiger partial charge in [-0.1, -0.05) is 31.9 Å². The molecule has 0 aromatic heterocycles. The summed E-state index contributed by atoms with van der Waals surface area (Å²) < 4.78 is 21.4. The van der Waals surface area contributed by atoms with Crippen LogP contribution in [0.1, 0.15) is 54.4 Å². The summed E-state index contributed by atoms with van der Waals surface area (Å²) >= 11 is 4.60. The van der Waals surface area contributed by atoms with Crippen LogP contribution in [0.2, 0.25) is 0 Å². The van der Waals surface area contributed by atoms with Crippen LogP contribution in [0, 0.1) is 5.82 Å². The van der Waals surface area contributed by atoms with Crippen molar-refractivity contribution in [3.63, 3.8) is 0 Å². The van der Waals surface area contributed by atoms with Gasteiger partial charge in [0.2, 0.25) is 0 Å². The lowest BCUT2D eigenvalue weighted by Crippen LogP contribution is -2.16. The SMILES string of the molecule is CC1c2cc(C3CC3)c(N(S)CCO)cc2OC1c1ccc(Nc2ccc(F)cc2)cc1. The van der Waals surface area contributed by atoms with Gasteiger partial charge in [0, 0.05) is 28.9 Å². The van der Waals surface area contributed by atoms with E-state index in [0.717, 1.165) is 28.4 Å². The van der Waals surface area contributed by atoms with Crippen LogP contribution in [0.25, 0.3) is 0 Å². The van der Waals surface area contributed by atoms with Crippen LogP contribution in [0.3, 0.4) is 0 Å². The van der Waals surface area contributed by atoms with Gasteiger partial charge in [-0.3, -0.25) is 0 Å². The van der Waals surface area contributed by atoms with E-state index in [2.05, 4.69) is 49.3 Å². The first-order valence-electron chi connectivity index (χ1n) is 11.1. The maximum atomic E-state index is 13.1. The van der Waals surface area contributed by atoms with Crippen molar-refractivity contribution >= 4 is 29.9 Å². The first-order chi connectivity index (χ1) is 15.5. The zero-order valence-electron chi connectivity index (χ0n) is 18.0. The molecule has 2 unspecified atom stereocenters. The number of benzene rings is 3. The molecule has 1 fully saturated rings. The molecule has 4 nitrogen and oxygen atoms in total. The van der Waals surface area contributed by atoms with Crippen LogP contribution in [0.4, 0.5) is 21.5 Å². The minimum absolute atomic E-state index is 0.0571. The first-order valence-corrected chi connectivity index (χ1v) is 11.5. The third kappa shape index (κ3) is 4.17. The Bertz CT molecular complexity index is 1100. The summed E-state index contributed by atoms with van der Waals surface area (Å²) in [5.74, 6) is 1.46. The van der Waals surface area contributed by atoms with E-state index in [1.807, 2.05) is 16.4 Å². The monoisotopic (exact) mass is 450 g/mol. The van der Waals surface area contributed by atoms with Crippen molar-refractivity contribution in [2.24, 2.45) is 0 Å². The fourth-order valence-electron chi connectivity index (χ4n) is 4.44. The van der Waals surface area contributed by atoms with Crippen LogP contribution in [0.15, 0.2) is 60.7 Å². The van der Waals surface area contributed by atoms with E-state index in [0.29, 0.717) is 12.5 Å². The molecule has 1 heterocycles. The number of nitrogens with one attached hydrogen (secondary N) is 1. The molecule has 3 aromatic rings. The molecule has 32 heavy (non-hydrogen) atoms. The minimum Gasteiger partial charge on any atom is -0.485 e. The third-order valence-electron chi connectivity index (χ3n) is 6.34. The molecule has 6 heteroatoms. The highest BCUT2D eigenvalue weighted by Gasteiger charge is 2.36. The Hall–Kier alpha value is -2.70. The van der Waals surface area contributed by atoms with Crippen molar-refractivity contribution in [2.75, 3.05) is 22.8 Å². The molecule has 5 rings (SSSR count). The molecule has 0 radical (unpaired) electrons. The number of thiol groups is 1. The highest BCUT2D eigenvalue weighted by Crippen LogP contribution is 2.52. The zero-order valence-corrected chi connectivity index (χ0v) is 18.9. The molecule has 1 aliphatic heterocycles. The summed E-state index contributed by atoms with van der Waals surface area (Å²) in [4.78, 5) is 0. The van der Waals surface area contributed by atoms with Crippen LogP contribution >= 0.6 is 12.8 Å². The number of fused-ring (bicyclic) bond motifs is 1. The fraction of sp³-hybridized carbons (Fsp3) is 0.308. The number of ether oxygens (including phenoxy) is 1. The maximum absolute atomic E-state index is 13.1. The molecule has 2 atom stereocenters. The van der Waals surface area contributed by atoms with E-state index in [9.17, 15) is 9.50 Å². The lowest BCUT2D eigenvalue weighted by atomic mass is 9.90. The molecule has 0 amide bonds. The van der Waals surface area contributed by atoms with Crippen molar-refractivity contribution in [2.45, 2.75) is 37.7 Å². The number of anilines is 3. The smallest absolute Gasteiger partial charge is 0.130 e. The van der Waals surface area contributed by atoms with Gasteiger partial charge in [0.05, 0.1) is 18.8 Å². The summed E-state index contributed by atoms with van der Waals surface area (Å²) in [5.41, 5.74) is 6.48. The number of hydrogen-bond donors (Lipinski definition) is 3. The summed E-state index contributed by atoms with van der Waals surface area (Å²) in [6.07, 6.45) is 2.35. The van der Waals surface area contributed by atoms with E-state index < -0.39 is 0 Å². The van der Waals surface area contributed by atoms with Gasteiger partial charge in [0.1, 0.15) is 17.7 Å². The number of aliphatic hydroxyl groups is 1. The number of nitrogens with zero attached hydrogens (tertiary/aromatic N) is 1. The molecule has 2 aliphatic rings. The molecule has 2 N–H and O–H groups in total. The average Bonchev–Trinajstić information content (AvgIpc) is 3.59. The van der Waals surface area contributed by atoms with Crippen molar-refractivity contribution in [3.05, 3.63) is 83.2 Å². The Balaban J connectivity index is 1.37. The van der Waals surface area contributed by atoms with E-state index in [-0.39, 0.29) is 24.4 Å². The van der Waals surface area contributed by atoms with Crippen molar-refractivity contribution in [1.29, 1.82) is 0 Å². The molecule has 0 spiro atoms. The molecule has 0 bridgehead atoms. The first kappa shape index (κ1) is 21.2. The Morgan fingerprint density at radius 1 is 1.03 bits per heavy atom. The van der Waals surface area contributed by atoms with E-state index in [1.54, 1.807) is 12.1 Å².